The number of fused-ring (bicyclic) bond motifs is 3. The molecule has 0 amide bonds. The summed E-state index contributed by atoms with van der Waals surface area (Å²) in [5.41, 5.74) is 5.85. The van der Waals surface area contributed by atoms with Crippen LogP contribution in [0.1, 0.15) is 5.56 Å². The largest absolute Gasteiger partial charge is 0.277 e. The van der Waals surface area contributed by atoms with E-state index < -0.39 is 0 Å². The highest BCUT2D eigenvalue weighted by Crippen LogP contribution is 2.43. The van der Waals surface area contributed by atoms with Crippen LogP contribution in [-0.2, 0) is 5.75 Å². The fraction of sp³-hybridized carbons (Fsp3) is 0.0667. The number of hydrogen-bond donors (Lipinski definition) is 1. The van der Waals surface area contributed by atoms with Crippen LogP contribution in [0.25, 0.3) is 22.5 Å². The molecule has 1 aliphatic rings. The Labute approximate surface area is 115 Å². The van der Waals surface area contributed by atoms with Gasteiger partial charge in [-0.3, -0.25) is 10.1 Å². The van der Waals surface area contributed by atoms with Crippen LogP contribution in [0.2, 0.25) is 0 Å². The molecule has 3 nitrogen and oxygen atoms in total. The van der Waals surface area contributed by atoms with Gasteiger partial charge in [-0.2, -0.15) is 5.10 Å². The lowest BCUT2D eigenvalue weighted by atomic mass is 10.0. The Bertz CT molecular complexity index is 721. The molecule has 0 aliphatic carbocycles. The van der Waals surface area contributed by atoms with E-state index >= 15 is 0 Å². The highest BCUT2D eigenvalue weighted by Gasteiger charge is 2.22. The maximum absolute atomic E-state index is 4.52. The number of hydrogen-bond acceptors (Lipinski definition) is 3. The molecule has 0 saturated carbocycles. The fourth-order valence-electron chi connectivity index (χ4n) is 2.42. The lowest BCUT2D eigenvalue weighted by Gasteiger charge is -2.15. The summed E-state index contributed by atoms with van der Waals surface area (Å²) in [6.07, 6.45) is 3.62. The number of nitrogens with zero attached hydrogens (tertiary/aromatic N) is 2. The van der Waals surface area contributed by atoms with Crippen molar-refractivity contribution in [3.63, 3.8) is 0 Å². The maximum atomic E-state index is 4.52. The predicted octanol–water partition coefficient (Wildman–Crippen LogP) is 3.74. The third-order valence-corrected chi connectivity index (χ3v) is 4.45. The Morgan fingerprint density at radius 1 is 1.05 bits per heavy atom. The van der Waals surface area contributed by atoms with E-state index in [1.165, 1.54) is 16.0 Å². The van der Waals surface area contributed by atoms with E-state index in [0.717, 1.165) is 22.7 Å². The molecule has 92 valence electrons. The van der Waals surface area contributed by atoms with Gasteiger partial charge in [-0.05, 0) is 18.2 Å². The first-order valence-corrected chi connectivity index (χ1v) is 7.12. The topological polar surface area (TPSA) is 41.6 Å². The highest BCUT2D eigenvalue weighted by atomic mass is 32.2. The molecule has 1 aliphatic heterocycles. The van der Waals surface area contributed by atoms with Crippen LogP contribution < -0.4 is 0 Å². The molecule has 2 aromatic heterocycles. The monoisotopic (exact) mass is 265 g/mol. The van der Waals surface area contributed by atoms with Gasteiger partial charge >= 0.3 is 0 Å². The molecule has 0 spiro atoms. The summed E-state index contributed by atoms with van der Waals surface area (Å²) in [4.78, 5) is 5.37. The summed E-state index contributed by atoms with van der Waals surface area (Å²) < 4.78 is 0. The minimum atomic E-state index is 0.959. The second kappa shape index (κ2) is 4.24. The molecular formula is C15H11N3S. The summed E-state index contributed by atoms with van der Waals surface area (Å²) in [6.45, 7) is 0. The zero-order valence-corrected chi connectivity index (χ0v) is 10.9. The first-order valence-electron chi connectivity index (χ1n) is 6.13. The Morgan fingerprint density at radius 3 is 2.79 bits per heavy atom. The van der Waals surface area contributed by atoms with E-state index in [4.69, 9.17) is 0 Å². The molecule has 0 bridgehead atoms. The molecule has 0 fully saturated rings. The first kappa shape index (κ1) is 10.8. The molecule has 0 atom stereocenters. The van der Waals surface area contributed by atoms with Crippen molar-refractivity contribution in [3.05, 3.63) is 54.4 Å². The number of aromatic amines is 1. The maximum Gasteiger partial charge on any atom is 0.0979 e. The number of nitrogens with one attached hydrogen (secondary N) is 1. The van der Waals surface area contributed by atoms with Crippen molar-refractivity contribution in [2.24, 2.45) is 0 Å². The van der Waals surface area contributed by atoms with Crippen molar-refractivity contribution in [2.45, 2.75) is 10.6 Å². The summed E-state index contributed by atoms with van der Waals surface area (Å²) in [5, 5.41) is 7.70. The lowest BCUT2D eigenvalue weighted by Crippen LogP contribution is -1.95. The van der Waals surface area contributed by atoms with Crippen LogP contribution in [0.4, 0.5) is 0 Å². The Kier molecular flexibility index (Phi) is 2.42. The number of benzene rings is 1. The third-order valence-electron chi connectivity index (χ3n) is 3.35. The quantitative estimate of drug-likeness (QED) is 0.728. The van der Waals surface area contributed by atoms with Gasteiger partial charge in [0, 0.05) is 39.7 Å². The normalized spacial score (nSPS) is 12.8. The van der Waals surface area contributed by atoms with Gasteiger partial charge in [0.25, 0.3) is 0 Å². The zero-order valence-electron chi connectivity index (χ0n) is 10.1. The zero-order chi connectivity index (χ0) is 12.7. The Hall–Kier alpha value is -2.07. The molecule has 0 unspecified atom stereocenters. The summed E-state index contributed by atoms with van der Waals surface area (Å²) in [5.74, 6) is 0.959. The minimum Gasteiger partial charge on any atom is -0.277 e. The summed E-state index contributed by atoms with van der Waals surface area (Å²) in [6, 6.07) is 12.5. The molecular weight excluding hydrogens is 254 g/mol. The van der Waals surface area contributed by atoms with Gasteiger partial charge < -0.3 is 0 Å². The van der Waals surface area contributed by atoms with Crippen LogP contribution in [-0.4, -0.2) is 15.2 Å². The Morgan fingerprint density at radius 2 is 1.89 bits per heavy atom. The second-order valence-corrected chi connectivity index (χ2v) is 5.46. The van der Waals surface area contributed by atoms with Crippen LogP contribution in [0.15, 0.2) is 53.7 Å². The number of H-pyrrole nitrogens is 1. The molecule has 3 heterocycles. The fourth-order valence-corrected chi connectivity index (χ4v) is 3.50. The minimum absolute atomic E-state index is 0.959. The molecule has 4 rings (SSSR count). The smallest absolute Gasteiger partial charge is 0.0979 e. The number of thioether (sulfide) groups is 1. The van der Waals surface area contributed by atoms with Crippen molar-refractivity contribution >= 4 is 11.8 Å². The van der Waals surface area contributed by atoms with E-state index in [2.05, 4.69) is 39.4 Å². The van der Waals surface area contributed by atoms with Gasteiger partial charge in [-0.1, -0.05) is 18.2 Å². The predicted molar refractivity (Wildman–Crippen MR) is 76.8 cm³/mol. The SMILES string of the molecule is c1ccc2c(c1)SCc1c-2n[nH]c1-c1ccncc1. The van der Waals surface area contributed by atoms with Crippen LogP contribution in [0, 0.1) is 0 Å². The average Bonchev–Trinajstić information content (AvgIpc) is 2.92. The molecule has 3 aromatic rings. The Balaban J connectivity index is 1.91. The summed E-state index contributed by atoms with van der Waals surface area (Å²) in [7, 11) is 0. The van der Waals surface area contributed by atoms with Gasteiger partial charge in [0.15, 0.2) is 0 Å². The van der Waals surface area contributed by atoms with Gasteiger partial charge in [0.2, 0.25) is 0 Å². The van der Waals surface area contributed by atoms with Crippen molar-refractivity contribution in [2.75, 3.05) is 0 Å². The van der Waals surface area contributed by atoms with Crippen LogP contribution in [0.3, 0.4) is 0 Å². The number of rotatable bonds is 1. The highest BCUT2D eigenvalue weighted by molar-refractivity contribution is 7.98. The van der Waals surface area contributed by atoms with Crippen molar-refractivity contribution in [1.82, 2.24) is 15.2 Å². The van der Waals surface area contributed by atoms with E-state index in [0.29, 0.717) is 0 Å². The van der Waals surface area contributed by atoms with Crippen molar-refractivity contribution < 1.29 is 0 Å². The third kappa shape index (κ3) is 1.68. The molecule has 1 aromatic carbocycles. The molecule has 0 saturated heterocycles. The van der Waals surface area contributed by atoms with Crippen LogP contribution in [0.5, 0.6) is 0 Å². The number of pyridine rings is 1. The standard InChI is InChI=1S/C15H11N3S/c1-2-4-13-11(3-1)15-12(9-19-13)14(17-18-15)10-5-7-16-8-6-10/h1-8H,9H2,(H,17,18). The average molecular weight is 265 g/mol. The lowest BCUT2D eigenvalue weighted by molar-refractivity contribution is 1.09. The van der Waals surface area contributed by atoms with E-state index in [9.17, 15) is 0 Å². The van der Waals surface area contributed by atoms with Gasteiger partial charge in [0.1, 0.15) is 0 Å². The van der Waals surface area contributed by atoms with Crippen molar-refractivity contribution in [1.29, 1.82) is 0 Å². The first-order chi connectivity index (χ1) is 9.43. The van der Waals surface area contributed by atoms with E-state index in [1.54, 1.807) is 0 Å². The summed E-state index contributed by atoms with van der Waals surface area (Å²) >= 11 is 1.87. The molecule has 1 N–H and O–H groups in total. The van der Waals surface area contributed by atoms with Gasteiger partial charge in [0.05, 0.1) is 11.4 Å². The van der Waals surface area contributed by atoms with Crippen LogP contribution >= 0.6 is 11.8 Å². The number of aromatic nitrogens is 3. The molecule has 19 heavy (non-hydrogen) atoms. The van der Waals surface area contributed by atoms with Gasteiger partial charge in [-0.15, -0.1) is 11.8 Å². The van der Waals surface area contributed by atoms with E-state index in [-0.39, 0.29) is 0 Å². The van der Waals surface area contributed by atoms with Crippen molar-refractivity contribution in [3.8, 4) is 22.5 Å². The van der Waals surface area contributed by atoms with Gasteiger partial charge in [-0.25, -0.2) is 0 Å². The molecule has 0 radical (unpaired) electrons. The molecule has 4 heteroatoms. The second-order valence-electron chi connectivity index (χ2n) is 4.45. The van der Waals surface area contributed by atoms with E-state index in [1.807, 2.05) is 36.3 Å².